The minimum Gasteiger partial charge on any atom is -0.467 e. The number of carbonyl (C=O) groups is 4. The molecule has 12 aromatic rings. The van der Waals surface area contributed by atoms with Crippen molar-refractivity contribution in [1.82, 2.24) is 29.9 Å². The van der Waals surface area contributed by atoms with Crippen molar-refractivity contribution in [2.24, 2.45) is 5.92 Å². The van der Waals surface area contributed by atoms with E-state index >= 15 is 0 Å². The van der Waals surface area contributed by atoms with E-state index in [1.807, 2.05) is 168 Å². The zero-order chi connectivity index (χ0) is 91.1. The molecule has 1 aliphatic heterocycles. The second kappa shape index (κ2) is 47.7. The Morgan fingerprint density at radius 1 is 0.584 bits per heavy atom. The van der Waals surface area contributed by atoms with Crippen molar-refractivity contribution in [3.8, 4) is 10.6 Å². The van der Waals surface area contributed by atoms with Crippen LogP contribution in [0.5, 0.6) is 0 Å². The third-order valence-electron chi connectivity index (χ3n) is 17.2. The van der Waals surface area contributed by atoms with E-state index in [0.29, 0.717) is 76.0 Å². The molecule has 3 atom stereocenters. The standard InChI is InChI=1S/C15H23N2O5P.C15H18N2O5.C15H18N2O3.C14H18N2O4.C13H12F3NO4S2.C13H18N2O2/c1-5-19-23(18,22-12(2)3)20-11-10-17(4)15-16-13-8-6-7-9-14(13)21-15;1-9(2)13(18)21-8-11(14(19)20-3)17-15-16-10-6-4-5-7-12(10)22-15;1-10(2)19-14(18)12-7-5-9-17(12)15-16-11-6-3-4-8-13(11)20-15;1-10(2)19-14(17)18-9-8-16(3)13-15-11-6-4-5-7-12(11)20-13;1-8-11(7-21-23(18,19)20-2)22-12(17-8)9-3-5-10(6-4-9)13(14,15)16;1-10(2)16-9-8-15(3)13-14-11-6-4-5-7-12(11)17-13/h6-9,12H,5,10-11H2,1-4H3;4-7,9,11H,8H2,1-3H3,(H,16,17);3-4,6,8,10,12H,5,7,9H2,1-2H3;4-7,10H,8-9H2,1-3H3;3-6H,7H2,1-2H3;4-7,10H,8-9H2,1-3H3/t;11-;12-;;;/m.10.../s1. The third-order valence-corrected chi connectivity index (χ3v) is 21.0. The number of anilines is 5. The Morgan fingerprint density at radius 3 is 1.51 bits per heavy atom. The summed E-state index contributed by atoms with van der Waals surface area (Å²) >= 11 is 1.14. The quantitative estimate of drug-likeness (QED) is 0.0227. The van der Waals surface area contributed by atoms with Crippen molar-refractivity contribution in [3.05, 3.63) is 162 Å². The Hall–Kier alpha value is -11.3. The normalized spacial score (nSPS) is 13.4. The van der Waals surface area contributed by atoms with Crippen LogP contribution in [0.15, 0.2) is 168 Å². The zero-order valence-electron chi connectivity index (χ0n) is 72.6. The molecule has 1 N–H and O–H groups in total. The van der Waals surface area contributed by atoms with Gasteiger partial charge in [-0.05, 0) is 155 Å². The summed E-state index contributed by atoms with van der Waals surface area (Å²) in [7, 11) is 0.241. The Kier molecular flexibility index (Phi) is 37.8. The van der Waals surface area contributed by atoms with Gasteiger partial charge in [-0.25, -0.2) is 28.1 Å². The first kappa shape index (κ1) is 99.1. The highest BCUT2D eigenvalue weighted by molar-refractivity contribution is 7.81. The Bertz CT molecular complexity index is 5380. The summed E-state index contributed by atoms with van der Waals surface area (Å²) in [5, 5.41) is 3.26. The SMILES string of the molecule is CC(C)OC(=O)OCCN(C)c1nc2ccccc2o1.CC(C)OC(=O)[C@@H]1CCCN1c1nc2ccccc2o1.CC(C)OCCN(C)c1nc2ccccc2o1.CCOP(=O)(OCCN(C)c1nc2ccccc2o1)OC(C)C.COC(=O)[C@@H](COC(=O)C(C)C)Nc1nc2ccccc2o1.COS(=O)(=O)OCc1sc(-c2ccc(C(F)(F)F)cc2)nc1C. The number of hydrogen-bond donors (Lipinski definition) is 1. The number of alkyl halides is 3. The summed E-state index contributed by atoms with van der Waals surface area (Å²) < 4.78 is 155. The molecule has 125 heavy (non-hydrogen) atoms. The molecule has 0 saturated carbocycles. The van der Waals surface area contributed by atoms with Gasteiger partial charge in [-0.15, -0.1) is 11.3 Å². The number of oxazole rings is 5. The maximum atomic E-state index is 12.5. The zero-order valence-corrected chi connectivity index (χ0v) is 75.2. The molecule has 0 spiro atoms. The van der Waals surface area contributed by atoms with E-state index in [2.05, 4.69) is 48.3 Å². The van der Waals surface area contributed by atoms with Gasteiger partial charge in [0, 0.05) is 46.3 Å². The van der Waals surface area contributed by atoms with Gasteiger partial charge >= 0.3 is 48.5 Å². The number of benzene rings is 6. The first-order valence-electron chi connectivity index (χ1n) is 39.9. The predicted molar refractivity (Wildman–Crippen MR) is 465 cm³/mol. The molecule has 0 radical (unpaired) electrons. The van der Waals surface area contributed by atoms with E-state index in [0.717, 1.165) is 101 Å². The molecule has 678 valence electrons. The summed E-state index contributed by atoms with van der Waals surface area (Å²) in [4.78, 5) is 80.6. The molecule has 6 aromatic heterocycles. The topological polar surface area (TPSA) is 389 Å². The number of phosphoric ester groups is 1. The van der Waals surface area contributed by atoms with E-state index in [4.69, 9.17) is 59.3 Å². The van der Waals surface area contributed by atoms with Crippen molar-refractivity contribution in [1.29, 1.82) is 0 Å². The average molecular weight is 1800 g/mol. The monoisotopic (exact) mass is 1800 g/mol. The van der Waals surface area contributed by atoms with Gasteiger partial charge in [-0.1, -0.05) is 86.6 Å². The Labute approximate surface area is 726 Å². The van der Waals surface area contributed by atoms with Crippen LogP contribution in [0, 0.1) is 12.8 Å². The maximum Gasteiger partial charge on any atom is 0.508 e. The summed E-state index contributed by atoms with van der Waals surface area (Å²) in [5.74, 6) is -1.44. The predicted octanol–water partition coefficient (Wildman–Crippen LogP) is 17.6. The molecule has 34 nitrogen and oxygen atoms in total. The third kappa shape index (κ3) is 31.4. The van der Waals surface area contributed by atoms with Crippen LogP contribution in [0.4, 0.5) is 48.0 Å². The number of esters is 3. The van der Waals surface area contributed by atoms with Crippen LogP contribution in [0.25, 0.3) is 66.1 Å². The number of hydrogen-bond acceptors (Lipinski definition) is 35. The molecule has 7 heterocycles. The first-order chi connectivity index (χ1) is 59.4. The summed E-state index contributed by atoms with van der Waals surface area (Å²) in [5.41, 5.74) is 7.85. The highest BCUT2D eigenvalue weighted by Crippen LogP contribution is 2.50. The fourth-order valence-corrected chi connectivity index (χ4v) is 13.7. The van der Waals surface area contributed by atoms with Gasteiger partial charge in [0.05, 0.1) is 87.1 Å². The van der Waals surface area contributed by atoms with Gasteiger partial charge in [-0.3, -0.25) is 22.5 Å². The summed E-state index contributed by atoms with van der Waals surface area (Å²) in [6.45, 7) is 25.0. The van der Waals surface area contributed by atoms with Crippen LogP contribution in [0.1, 0.15) is 105 Å². The number of fused-ring (bicyclic) bond motifs is 5. The fourth-order valence-electron chi connectivity index (χ4n) is 11.0. The van der Waals surface area contributed by atoms with Gasteiger partial charge in [-0.2, -0.15) is 46.5 Å². The number of halogens is 3. The Morgan fingerprint density at radius 2 is 1.06 bits per heavy atom. The van der Waals surface area contributed by atoms with E-state index in [-0.39, 0.29) is 81.4 Å². The van der Waals surface area contributed by atoms with Crippen LogP contribution in [0.2, 0.25) is 0 Å². The van der Waals surface area contributed by atoms with Crippen molar-refractivity contribution < 1.29 is 118 Å². The van der Waals surface area contributed by atoms with Gasteiger partial charge in [0.25, 0.3) is 30.1 Å². The lowest BCUT2D eigenvalue weighted by atomic mass is 10.1. The van der Waals surface area contributed by atoms with Gasteiger partial charge in [0.2, 0.25) is 0 Å². The van der Waals surface area contributed by atoms with Crippen LogP contribution in [-0.2, 0) is 92.5 Å². The molecule has 1 unspecified atom stereocenters. The van der Waals surface area contributed by atoms with E-state index in [1.54, 1.807) is 77.3 Å². The molecular weight excluding hydrogens is 1700 g/mol. The molecule has 13 rings (SSSR count). The first-order valence-corrected chi connectivity index (χ1v) is 43.6. The number of methoxy groups -OCH3 is 1. The highest BCUT2D eigenvalue weighted by Gasteiger charge is 2.36. The second-order valence-corrected chi connectivity index (χ2v) is 33.0. The number of ether oxygens (including phenoxy) is 6. The second-order valence-electron chi connectivity index (χ2n) is 28.9. The van der Waals surface area contributed by atoms with Crippen LogP contribution >= 0.6 is 19.2 Å². The van der Waals surface area contributed by atoms with Crippen molar-refractivity contribution in [2.75, 3.05) is 119 Å². The maximum absolute atomic E-state index is 12.5. The number of phosphoric acid groups is 1. The minimum atomic E-state index is -4.40. The van der Waals surface area contributed by atoms with Crippen LogP contribution < -0.4 is 24.9 Å². The van der Waals surface area contributed by atoms with Crippen molar-refractivity contribution in [2.45, 2.75) is 145 Å². The van der Waals surface area contributed by atoms with E-state index in [9.17, 15) is 45.3 Å². The van der Waals surface area contributed by atoms with E-state index < -0.39 is 54.1 Å². The van der Waals surface area contributed by atoms with Crippen molar-refractivity contribution >= 4 is 139 Å². The molecule has 1 aliphatic rings. The fraction of sp³-hybridized carbons (Fsp3) is 0.435. The van der Waals surface area contributed by atoms with Gasteiger partial charge in [0.15, 0.2) is 34.0 Å². The summed E-state index contributed by atoms with van der Waals surface area (Å²) in [6.07, 6.45) is -3.61. The summed E-state index contributed by atoms with van der Waals surface area (Å²) in [6, 6.07) is 43.3. The molecule has 6 aromatic carbocycles. The molecular formula is C85H107F3N11O23PS2. The number of likely N-dealkylation sites (N-methyl/N-ethyl adjacent to an activating group) is 3. The molecule has 1 saturated heterocycles. The van der Waals surface area contributed by atoms with Gasteiger partial charge < -0.3 is 75.4 Å². The number of aromatic nitrogens is 6. The lowest BCUT2D eigenvalue weighted by Gasteiger charge is -2.22. The number of nitrogens with zero attached hydrogens (tertiary/aromatic N) is 10. The minimum absolute atomic E-state index is 0.103. The molecule has 40 heteroatoms. The smallest absolute Gasteiger partial charge is 0.467 e. The van der Waals surface area contributed by atoms with Crippen LogP contribution in [0.3, 0.4) is 0 Å². The molecule has 0 bridgehead atoms. The number of rotatable bonds is 33. The van der Waals surface area contributed by atoms with Crippen molar-refractivity contribution in [3.63, 3.8) is 0 Å². The van der Waals surface area contributed by atoms with Gasteiger partial charge in [0.1, 0.15) is 58.5 Å². The van der Waals surface area contributed by atoms with E-state index in [1.165, 1.54) is 19.2 Å². The molecule has 0 aliphatic carbocycles. The largest absolute Gasteiger partial charge is 0.508 e. The lowest BCUT2D eigenvalue weighted by molar-refractivity contribution is -0.151. The number of para-hydroxylation sites is 10. The number of nitrogens with one attached hydrogen (secondary N) is 1. The lowest BCUT2D eigenvalue weighted by Crippen LogP contribution is -2.38. The number of thiazole rings is 1. The highest BCUT2D eigenvalue weighted by atomic mass is 32.3. The number of aryl methyl sites for hydroxylation is 1. The van der Waals surface area contributed by atoms with Crippen LogP contribution in [-0.4, -0.2) is 193 Å². The molecule has 0 amide bonds. The Balaban J connectivity index is 0.000000186. The average Bonchev–Trinajstić information content (AvgIpc) is 1.65. The molecule has 1 fully saturated rings. The number of carbonyl (C=O) groups excluding carboxylic acids is 4.